The Hall–Kier alpha value is -3.25. The number of nitrogens with one attached hydrogen (secondary N) is 1. The van der Waals surface area contributed by atoms with E-state index in [1.165, 1.54) is 16.7 Å². The lowest BCUT2D eigenvalue weighted by atomic mass is 10.0. The lowest BCUT2D eigenvalue weighted by Gasteiger charge is -2.19. The molecule has 2 heterocycles. The Labute approximate surface area is 215 Å². The number of amides is 1. The number of hydrogen-bond donors (Lipinski definition) is 2. The van der Waals surface area contributed by atoms with Gasteiger partial charge in [0.25, 0.3) is 0 Å². The molecule has 2 aromatic carbocycles. The molecule has 1 fully saturated rings. The van der Waals surface area contributed by atoms with Crippen LogP contribution in [0.15, 0.2) is 42.6 Å². The molecule has 1 amide bonds. The number of rotatable bonds is 7. The Morgan fingerprint density at radius 1 is 1.33 bits per heavy atom. The van der Waals surface area contributed by atoms with Gasteiger partial charge in [0.05, 0.1) is 30.2 Å². The van der Waals surface area contributed by atoms with Crippen molar-refractivity contribution < 1.29 is 14.6 Å². The summed E-state index contributed by atoms with van der Waals surface area (Å²) < 4.78 is 5.76. The standard InChI is InChI=1S/C28H30N4O3S/c1-17(2)35-25-10-7-18(13-24(25)29-3)28-31-14-26(36-28)22-6-4-5-21-20(22)8-9-23(21)30-15-27(34)32-12-11-19(33)16-32/h4-7,10,13-14,17,19,23,30,33H,8-9,11-12,15-16H2,1-2H3/t19?,23-/m0/s1. The zero-order valence-electron chi connectivity index (χ0n) is 20.5. The quantitative estimate of drug-likeness (QED) is 0.445. The Bertz CT molecular complexity index is 1310. The van der Waals surface area contributed by atoms with Crippen LogP contribution in [-0.4, -0.2) is 52.7 Å². The van der Waals surface area contributed by atoms with Gasteiger partial charge in [-0.1, -0.05) is 24.3 Å². The number of β-amino-alcohol motifs (C(OH)–C–C–N with tert-alkyl or cyclic N) is 1. The highest BCUT2D eigenvalue weighted by molar-refractivity contribution is 7.18. The number of nitrogens with zero attached hydrogens (tertiary/aromatic N) is 3. The van der Waals surface area contributed by atoms with E-state index < -0.39 is 6.10 Å². The van der Waals surface area contributed by atoms with Crippen LogP contribution < -0.4 is 10.1 Å². The number of aromatic nitrogens is 1. The normalized spacial score (nSPS) is 18.9. The van der Waals surface area contributed by atoms with Gasteiger partial charge in [-0.15, -0.1) is 11.3 Å². The molecule has 2 N–H and O–H groups in total. The van der Waals surface area contributed by atoms with Gasteiger partial charge in [0.15, 0.2) is 0 Å². The molecule has 1 aromatic heterocycles. The smallest absolute Gasteiger partial charge is 0.236 e. The molecule has 1 saturated heterocycles. The lowest BCUT2D eigenvalue weighted by molar-refractivity contribution is -0.129. The number of likely N-dealkylation sites (tertiary alicyclic amines) is 1. The monoisotopic (exact) mass is 502 g/mol. The molecule has 2 aliphatic rings. The molecule has 1 aliphatic carbocycles. The fourth-order valence-corrected chi connectivity index (χ4v) is 5.98. The van der Waals surface area contributed by atoms with Gasteiger partial charge in [-0.05, 0) is 61.9 Å². The molecule has 0 spiro atoms. The third-order valence-corrected chi connectivity index (χ3v) is 7.83. The van der Waals surface area contributed by atoms with E-state index in [9.17, 15) is 9.90 Å². The van der Waals surface area contributed by atoms with Crippen molar-refractivity contribution in [3.63, 3.8) is 0 Å². The van der Waals surface area contributed by atoms with Crippen LogP contribution in [0.4, 0.5) is 5.69 Å². The van der Waals surface area contributed by atoms with Crippen LogP contribution in [-0.2, 0) is 11.2 Å². The van der Waals surface area contributed by atoms with E-state index in [0.717, 1.165) is 28.3 Å². The van der Waals surface area contributed by atoms with E-state index in [2.05, 4.69) is 33.3 Å². The first kappa shape index (κ1) is 24.4. The van der Waals surface area contributed by atoms with Crippen molar-refractivity contribution in [3.05, 3.63) is 65.1 Å². The van der Waals surface area contributed by atoms with Gasteiger partial charge in [-0.25, -0.2) is 9.83 Å². The largest absolute Gasteiger partial charge is 0.502 e. The van der Waals surface area contributed by atoms with Gasteiger partial charge >= 0.3 is 0 Å². The Morgan fingerprint density at radius 3 is 2.94 bits per heavy atom. The second kappa shape index (κ2) is 10.4. The van der Waals surface area contributed by atoms with Crippen LogP contribution >= 0.6 is 11.3 Å². The molecule has 3 aromatic rings. The van der Waals surface area contributed by atoms with Crippen molar-refractivity contribution in [1.82, 2.24) is 15.2 Å². The van der Waals surface area contributed by atoms with Crippen LogP contribution in [0.2, 0.25) is 0 Å². The minimum absolute atomic E-state index is 0.00698. The summed E-state index contributed by atoms with van der Waals surface area (Å²) in [5, 5.41) is 14.0. The van der Waals surface area contributed by atoms with Crippen LogP contribution in [0.1, 0.15) is 43.9 Å². The van der Waals surface area contributed by atoms with Crippen molar-refractivity contribution in [1.29, 1.82) is 0 Å². The third kappa shape index (κ3) is 5.00. The fourth-order valence-electron chi connectivity index (χ4n) is 5.01. The number of carbonyl (C=O) groups is 1. The zero-order valence-corrected chi connectivity index (χ0v) is 21.3. The van der Waals surface area contributed by atoms with Crippen molar-refractivity contribution in [2.75, 3.05) is 19.6 Å². The van der Waals surface area contributed by atoms with Crippen molar-refractivity contribution in [2.24, 2.45) is 0 Å². The molecule has 1 unspecified atom stereocenters. The predicted molar refractivity (Wildman–Crippen MR) is 141 cm³/mol. The van der Waals surface area contributed by atoms with Crippen LogP contribution in [0, 0.1) is 6.57 Å². The summed E-state index contributed by atoms with van der Waals surface area (Å²) >= 11 is 1.62. The highest BCUT2D eigenvalue weighted by atomic mass is 32.1. The van der Waals surface area contributed by atoms with Gasteiger partial charge in [0, 0.05) is 30.9 Å². The first-order valence-corrected chi connectivity index (χ1v) is 13.2. The van der Waals surface area contributed by atoms with E-state index in [-0.39, 0.29) is 24.6 Å². The van der Waals surface area contributed by atoms with Crippen LogP contribution in [0.3, 0.4) is 0 Å². The minimum Gasteiger partial charge on any atom is -0.502 e. The summed E-state index contributed by atoms with van der Waals surface area (Å²) in [7, 11) is 0. The Kier molecular flexibility index (Phi) is 7.06. The molecule has 7 nitrogen and oxygen atoms in total. The fraction of sp³-hybridized carbons (Fsp3) is 0.393. The summed E-state index contributed by atoms with van der Waals surface area (Å²) in [6.07, 6.45) is 4.07. The van der Waals surface area contributed by atoms with Crippen molar-refractivity contribution in [2.45, 2.75) is 51.4 Å². The van der Waals surface area contributed by atoms with E-state index >= 15 is 0 Å². The van der Waals surface area contributed by atoms with E-state index in [1.54, 1.807) is 16.2 Å². The van der Waals surface area contributed by atoms with Gasteiger partial charge < -0.3 is 20.1 Å². The highest BCUT2D eigenvalue weighted by Gasteiger charge is 2.28. The van der Waals surface area contributed by atoms with Gasteiger partial charge in [-0.2, -0.15) is 0 Å². The maximum atomic E-state index is 12.5. The molecular weight excluding hydrogens is 472 g/mol. The average Bonchev–Trinajstić information content (AvgIpc) is 3.62. The zero-order chi connectivity index (χ0) is 25.2. The summed E-state index contributed by atoms with van der Waals surface area (Å²) in [6, 6.07) is 12.1. The summed E-state index contributed by atoms with van der Waals surface area (Å²) in [6.45, 7) is 12.8. The second-order valence-electron chi connectivity index (χ2n) is 9.62. The number of benzene rings is 2. The maximum Gasteiger partial charge on any atom is 0.236 e. The number of aliphatic hydroxyl groups excluding tert-OH is 1. The average molecular weight is 503 g/mol. The van der Waals surface area contributed by atoms with Crippen LogP contribution in [0.5, 0.6) is 5.75 Å². The highest BCUT2D eigenvalue weighted by Crippen LogP contribution is 2.42. The number of thiazole rings is 1. The number of carbonyl (C=O) groups excluding carboxylic acids is 1. The SMILES string of the molecule is [C-]#[N+]c1cc(-c2ncc(-c3cccc4c3CC[C@@H]4NCC(=O)N3CCC(O)C3)s2)ccc1OC(C)C. The van der Waals surface area contributed by atoms with E-state index in [0.29, 0.717) is 30.9 Å². The maximum absolute atomic E-state index is 12.5. The summed E-state index contributed by atoms with van der Waals surface area (Å²) in [4.78, 5) is 23.7. The number of ether oxygens (including phenoxy) is 1. The molecule has 36 heavy (non-hydrogen) atoms. The predicted octanol–water partition coefficient (Wildman–Crippen LogP) is 4.99. The summed E-state index contributed by atoms with van der Waals surface area (Å²) in [5.41, 5.74) is 5.12. The molecule has 8 heteroatoms. The lowest BCUT2D eigenvalue weighted by Crippen LogP contribution is -2.38. The molecular formula is C28H30N4O3S. The van der Waals surface area contributed by atoms with E-state index in [4.69, 9.17) is 11.3 Å². The molecule has 2 atom stereocenters. The molecule has 0 bridgehead atoms. The van der Waals surface area contributed by atoms with E-state index in [1.807, 2.05) is 38.2 Å². The first-order chi connectivity index (χ1) is 17.4. The number of hydrogen-bond acceptors (Lipinski definition) is 6. The van der Waals surface area contributed by atoms with Crippen molar-refractivity contribution >= 4 is 22.9 Å². The molecule has 0 saturated carbocycles. The number of fused-ring (bicyclic) bond motifs is 1. The van der Waals surface area contributed by atoms with Gasteiger partial charge in [0.2, 0.25) is 11.6 Å². The topological polar surface area (TPSA) is 79.1 Å². The van der Waals surface area contributed by atoms with Crippen LogP contribution in [0.25, 0.3) is 25.9 Å². The van der Waals surface area contributed by atoms with Crippen molar-refractivity contribution in [3.8, 4) is 26.8 Å². The Morgan fingerprint density at radius 2 is 2.19 bits per heavy atom. The molecule has 186 valence electrons. The van der Waals surface area contributed by atoms with Gasteiger partial charge in [0.1, 0.15) is 10.8 Å². The Balaban J connectivity index is 1.32. The molecule has 0 radical (unpaired) electrons. The minimum atomic E-state index is -0.396. The second-order valence-corrected chi connectivity index (χ2v) is 10.6. The molecule has 5 rings (SSSR count). The molecule has 1 aliphatic heterocycles. The summed E-state index contributed by atoms with van der Waals surface area (Å²) in [5.74, 6) is 0.645. The van der Waals surface area contributed by atoms with Gasteiger partial charge in [-0.3, -0.25) is 4.79 Å². The third-order valence-electron chi connectivity index (χ3n) is 6.75. The number of aliphatic hydroxyl groups is 1. The first-order valence-electron chi connectivity index (χ1n) is 12.4.